The van der Waals surface area contributed by atoms with Crippen molar-refractivity contribution in [3.05, 3.63) is 47.4 Å². The number of pyridine rings is 1. The monoisotopic (exact) mass is 301 g/mol. The first kappa shape index (κ1) is 13.9. The Morgan fingerprint density at radius 3 is 2.67 bits per heavy atom. The summed E-state index contributed by atoms with van der Waals surface area (Å²) in [6.45, 7) is 4.54. The number of hydrogen-bond acceptors (Lipinski definition) is 4. The van der Waals surface area contributed by atoms with Crippen molar-refractivity contribution in [2.45, 2.75) is 26.8 Å². The highest BCUT2D eigenvalue weighted by Crippen LogP contribution is 2.17. The number of nitrogens with zero attached hydrogens (tertiary/aromatic N) is 5. The van der Waals surface area contributed by atoms with Gasteiger partial charge in [0.1, 0.15) is 11.3 Å². The van der Waals surface area contributed by atoms with E-state index in [1.54, 1.807) is 12.4 Å². The van der Waals surface area contributed by atoms with E-state index in [-0.39, 0.29) is 0 Å². The van der Waals surface area contributed by atoms with Crippen molar-refractivity contribution in [2.75, 3.05) is 5.88 Å². The third-order valence-electron chi connectivity index (χ3n) is 3.27. The highest BCUT2D eigenvalue weighted by molar-refractivity contribution is 6.17. The van der Waals surface area contributed by atoms with Crippen LogP contribution in [0, 0.1) is 13.8 Å². The number of hydrogen-bond donors (Lipinski definition) is 0. The molecule has 0 unspecified atom stereocenters. The van der Waals surface area contributed by atoms with Crippen LogP contribution in [0.5, 0.6) is 0 Å². The fraction of sp³-hybridized carbons (Fsp3) is 0.333. The second-order valence-corrected chi connectivity index (χ2v) is 5.44. The smallest absolute Gasteiger partial charge is 0.160 e. The van der Waals surface area contributed by atoms with Crippen molar-refractivity contribution in [1.29, 1.82) is 0 Å². The molecule has 108 valence electrons. The summed E-state index contributed by atoms with van der Waals surface area (Å²) >= 11 is 5.89. The predicted octanol–water partition coefficient (Wildman–Crippen LogP) is 2.67. The summed E-state index contributed by atoms with van der Waals surface area (Å²) in [5, 5.41) is 0. The van der Waals surface area contributed by atoms with Gasteiger partial charge in [-0.2, -0.15) is 0 Å². The largest absolute Gasteiger partial charge is 0.307 e. The van der Waals surface area contributed by atoms with Gasteiger partial charge in [-0.15, -0.1) is 11.6 Å². The summed E-state index contributed by atoms with van der Waals surface area (Å²) in [5.74, 6) is 1.46. The maximum absolute atomic E-state index is 5.89. The van der Waals surface area contributed by atoms with Crippen LogP contribution in [-0.4, -0.2) is 30.4 Å². The minimum Gasteiger partial charge on any atom is -0.307 e. The third-order valence-corrected chi connectivity index (χ3v) is 3.46. The van der Waals surface area contributed by atoms with Crippen LogP contribution in [0.25, 0.3) is 11.2 Å². The van der Waals surface area contributed by atoms with Gasteiger partial charge in [0.15, 0.2) is 5.65 Å². The molecule has 5 nitrogen and oxygen atoms in total. The predicted molar refractivity (Wildman–Crippen MR) is 82.6 cm³/mol. The Hall–Kier alpha value is -2.01. The second kappa shape index (κ2) is 5.77. The summed E-state index contributed by atoms with van der Waals surface area (Å²) in [6, 6.07) is 2.04. The Balaban J connectivity index is 2.06. The van der Waals surface area contributed by atoms with Gasteiger partial charge in [0.25, 0.3) is 0 Å². The van der Waals surface area contributed by atoms with Crippen molar-refractivity contribution < 1.29 is 0 Å². The quantitative estimate of drug-likeness (QED) is 0.695. The zero-order chi connectivity index (χ0) is 14.8. The number of aryl methyl sites for hydroxylation is 3. The van der Waals surface area contributed by atoms with Gasteiger partial charge < -0.3 is 4.57 Å². The van der Waals surface area contributed by atoms with Gasteiger partial charge in [-0.05, 0) is 25.5 Å². The molecule has 0 aliphatic carbocycles. The molecule has 0 saturated heterocycles. The molecule has 3 heterocycles. The zero-order valence-corrected chi connectivity index (χ0v) is 12.8. The molecule has 0 atom stereocenters. The molecular weight excluding hydrogens is 286 g/mol. The Kier molecular flexibility index (Phi) is 3.84. The third kappa shape index (κ3) is 2.88. The Morgan fingerprint density at radius 2 is 1.95 bits per heavy atom. The van der Waals surface area contributed by atoms with Gasteiger partial charge in [-0.3, -0.25) is 9.97 Å². The molecule has 0 aromatic carbocycles. The first-order chi connectivity index (χ1) is 10.2. The van der Waals surface area contributed by atoms with E-state index in [1.807, 2.05) is 26.1 Å². The standard InChI is InChI=1S/C15H16ClN5/c1-10-5-13-15(19-6-10)21(14(20-13)3-4-16)9-12-8-17-11(2)7-18-12/h5-8H,3-4,9H2,1-2H3. The highest BCUT2D eigenvalue weighted by Gasteiger charge is 2.12. The number of rotatable bonds is 4. The zero-order valence-electron chi connectivity index (χ0n) is 12.0. The fourth-order valence-corrected chi connectivity index (χ4v) is 2.43. The maximum atomic E-state index is 5.89. The van der Waals surface area contributed by atoms with Crippen LogP contribution in [0.2, 0.25) is 0 Å². The van der Waals surface area contributed by atoms with Gasteiger partial charge in [0.2, 0.25) is 0 Å². The maximum Gasteiger partial charge on any atom is 0.160 e. The van der Waals surface area contributed by atoms with Crippen molar-refractivity contribution in [3.8, 4) is 0 Å². The Bertz CT molecular complexity index is 764. The molecule has 3 aromatic heterocycles. The molecule has 6 heteroatoms. The molecule has 3 rings (SSSR count). The van der Waals surface area contributed by atoms with E-state index in [1.165, 1.54) is 0 Å². The lowest BCUT2D eigenvalue weighted by Crippen LogP contribution is -2.08. The lowest BCUT2D eigenvalue weighted by atomic mass is 10.3. The van der Waals surface area contributed by atoms with Crippen LogP contribution in [-0.2, 0) is 13.0 Å². The van der Waals surface area contributed by atoms with E-state index in [0.29, 0.717) is 18.8 Å². The number of aromatic nitrogens is 5. The highest BCUT2D eigenvalue weighted by atomic mass is 35.5. The van der Waals surface area contributed by atoms with Crippen LogP contribution >= 0.6 is 11.6 Å². The van der Waals surface area contributed by atoms with E-state index >= 15 is 0 Å². The molecule has 0 spiro atoms. The summed E-state index contributed by atoms with van der Waals surface area (Å²) in [4.78, 5) is 17.8. The van der Waals surface area contributed by atoms with E-state index < -0.39 is 0 Å². The molecule has 0 amide bonds. The van der Waals surface area contributed by atoms with Crippen molar-refractivity contribution in [2.24, 2.45) is 0 Å². The molecule has 21 heavy (non-hydrogen) atoms. The molecular formula is C15H16ClN5. The molecule has 0 aliphatic heterocycles. The van der Waals surface area contributed by atoms with Gasteiger partial charge >= 0.3 is 0 Å². The van der Waals surface area contributed by atoms with Crippen LogP contribution in [0.4, 0.5) is 0 Å². The summed E-state index contributed by atoms with van der Waals surface area (Å²) < 4.78 is 2.07. The first-order valence-electron chi connectivity index (χ1n) is 6.82. The number of alkyl halides is 1. The summed E-state index contributed by atoms with van der Waals surface area (Å²) in [6.07, 6.45) is 6.12. The van der Waals surface area contributed by atoms with Crippen molar-refractivity contribution in [1.82, 2.24) is 24.5 Å². The normalized spacial score (nSPS) is 11.2. The van der Waals surface area contributed by atoms with E-state index in [0.717, 1.165) is 33.9 Å². The lowest BCUT2D eigenvalue weighted by molar-refractivity contribution is 0.726. The Labute approximate surface area is 128 Å². The number of imidazole rings is 1. The van der Waals surface area contributed by atoms with Gasteiger partial charge in [-0.1, -0.05) is 0 Å². The number of fused-ring (bicyclic) bond motifs is 1. The van der Waals surface area contributed by atoms with Crippen LogP contribution in [0.3, 0.4) is 0 Å². The summed E-state index contributed by atoms with van der Waals surface area (Å²) in [5.41, 5.74) is 4.65. The molecule has 0 N–H and O–H groups in total. The Morgan fingerprint density at radius 1 is 1.10 bits per heavy atom. The average molecular weight is 302 g/mol. The van der Waals surface area contributed by atoms with E-state index in [4.69, 9.17) is 11.6 Å². The molecule has 0 fully saturated rings. The van der Waals surface area contributed by atoms with Crippen LogP contribution in [0.15, 0.2) is 24.7 Å². The van der Waals surface area contributed by atoms with Crippen molar-refractivity contribution >= 4 is 22.8 Å². The topological polar surface area (TPSA) is 56.5 Å². The van der Waals surface area contributed by atoms with Crippen LogP contribution in [0.1, 0.15) is 22.8 Å². The van der Waals surface area contributed by atoms with Crippen molar-refractivity contribution in [3.63, 3.8) is 0 Å². The SMILES string of the molecule is Cc1cnc2c(c1)nc(CCCl)n2Cc1cnc(C)cn1. The minimum absolute atomic E-state index is 0.530. The summed E-state index contributed by atoms with van der Waals surface area (Å²) in [7, 11) is 0. The van der Waals surface area contributed by atoms with Gasteiger partial charge in [0.05, 0.1) is 24.1 Å². The molecule has 0 bridgehead atoms. The number of halogens is 1. The van der Waals surface area contributed by atoms with Gasteiger partial charge in [0, 0.05) is 24.7 Å². The first-order valence-corrected chi connectivity index (χ1v) is 7.36. The molecule has 0 saturated carbocycles. The molecule has 0 radical (unpaired) electrons. The molecule has 3 aromatic rings. The molecule has 0 aliphatic rings. The fourth-order valence-electron chi connectivity index (χ4n) is 2.26. The minimum atomic E-state index is 0.530. The van der Waals surface area contributed by atoms with E-state index in [2.05, 4.69) is 24.5 Å². The second-order valence-electron chi connectivity index (χ2n) is 5.06. The van der Waals surface area contributed by atoms with Gasteiger partial charge in [-0.25, -0.2) is 9.97 Å². The van der Waals surface area contributed by atoms with E-state index in [9.17, 15) is 0 Å². The average Bonchev–Trinajstić information content (AvgIpc) is 2.79. The van der Waals surface area contributed by atoms with Crippen LogP contribution < -0.4 is 0 Å². The lowest BCUT2D eigenvalue weighted by Gasteiger charge is -2.07.